The minimum atomic E-state index is 0.691. The van der Waals surface area contributed by atoms with Crippen molar-refractivity contribution in [1.29, 1.82) is 0 Å². The van der Waals surface area contributed by atoms with Crippen molar-refractivity contribution < 1.29 is 4.42 Å². The van der Waals surface area contributed by atoms with E-state index in [-0.39, 0.29) is 0 Å². The van der Waals surface area contributed by atoms with Crippen LogP contribution in [0.15, 0.2) is 138 Å². The molecule has 0 amide bonds. The summed E-state index contributed by atoms with van der Waals surface area (Å²) < 4.78 is 8.79. The molecule has 4 heteroatoms. The Bertz CT molecular complexity index is 2130. The minimum absolute atomic E-state index is 0.691. The number of para-hydroxylation sites is 3. The molecule has 0 saturated carbocycles. The summed E-state index contributed by atoms with van der Waals surface area (Å²) in [4.78, 5) is 2.32. The van der Waals surface area contributed by atoms with Gasteiger partial charge in [-0.15, -0.1) is 0 Å². The fraction of sp³-hybridized carbons (Fsp3) is 0.105. The molecule has 3 nitrogen and oxygen atoms in total. The molecule has 2 heterocycles. The van der Waals surface area contributed by atoms with Crippen LogP contribution in [0.3, 0.4) is 0 Å². The third kappa shape index (κ3) is 4.29. The van der Waals surface area contributed by atoms with Crippen LogP contribution in [0, 0.1) is 0 Å². The van der Waals surface area contributed by atoms with Gasteiger partial charge in [0.15, 0.2) is 0 Å². The van der Waals surface area contributed by atoms with E-state index in [9.17, 15) is 0 Å². The standard InChI is InChI=1S/C36H25ClN2O.C2H6/c37-24-21-27(38(25-11-3-1-4-12-25)26-13-5-2-6-14-26)23-28(22-24)39-32-17-9-7-16-31(32)35-33(39)20-19-30-29-15-8-10-18-34(29)40-36(30)35;1-2/h1-5,7-13,15-23H,6,14H2;1-2H3. The predicted octanol–water partition coefficient (Wildman–Crippen LogP) is 11.7. The average molecular weight is 567 g/mol. The first kappa shape index (κ1) is 26.2. The molecular formula is C38H31ClN2O. The van der Waals surface area contributed by atoms with E-state index in [4.69, 9.17) is 16.0 Å². The number of hydrogen-bond acceptors (Lipinski definition) is 2. The normalized spacial score (nSPS) is 13.0. The molecule has 0 bridgehead atoms. The van der Waals surface area contributed by atoms with Gasteiger partial charge in [0.1, 0.15) is 11.2 Å². The lowest BCUT2D eigenvalue weighted by Gasteiger charge is -2.29. The van der Waals surface area contributed by atoms with Crippen molar-refractivity contribution in [2.24, 2.45) is 0 Å². The Morgan fingerprint density at radius 3 is 2.29 bits per heavy atom. The molecule has 2 aromatic heterocycles. The molecule has 42 heavy (non-hydrogen) atoms. The molecule has 5 aromatic carbocycles. The van der Waals surface area contributed by atoms with Crippen LogP contribution in [0.25, 0.3) is 49.4 Å². The van der Waals surface area contributed by atoms with E-state index in [1.54, 1.807) is 0 Å². The van der Waals surface area contributed by atoms with Gasteiger partial charge in [0.05, 0.1) is 16.4 Å². The molecule has 0 atom stereocenters. The van der Waals surface area contributed by atoms with Crippen LogP contribution in [-0.4, -0.2) is 4.57 Å². The summed E-state index contributed by atoms with van der Waals surface area (Å²) in [7, 11) is 0. The van der Waals surface area contributed by atoms with E-state index in [1.807, 2.05) is 26.0 Å². The van der Waals surface area contributed by atoms with Gasteiger partial charge in [-0.2, -0.15) is 0 Å². The SMILES string of the molecule is CC.Clc1cc(N(C2=CC=CCC2)c2ccccc2)cc(-n2c3ccccc3c3c4oc5ccccc5c4ccc32)c1. The van der Waals surface area contributed by atoms with Gasteiger partial charge in [0.2, 0.25) is 0 Å². The van der Waals surface area contributed by atoms with E-state index in [0.717, 1.165) is 73.6 Å². The maximum absolute atomic E-state index is 6.90. The smallest absolute Gasteiger partial charge is 0.145 e. The molecule has 7 aromatic rings. The highest BCUT2D eigenvalue weighted by Crippen LogP contribution is 2.42. The van der Waals surface area contributed by atoms with Crippen molar-refractivity contribution in [3.8, 4) is 5.69 Å². The van der Waals surface area contributed by atoms with Crippen LogP contribution >= 0.6 is 11.6 Å². The second kappa shape index (κ2) is 10.9. The highest BCUT2D eigenvalue weighted by molar-refractivity contribution is 6.31. The number of fused-ring (bicyclic) bond motifs is 7. The monoisotopic (exact) mass is 566 g/mol. The fourth-order valence-electron chi connectivity index (χ4n) is 6.16. The lowest BCUT2D eigenvalue weighted by atomic mass is 10.1. The van der Waals surface area contributed by atoms with Crippen LogP contribution in [0.5, 0.6) is 0 Å². The summed E-state index contributed by atoms with van der Waals surface area (Å²) in [6.07, 6.45) is 8.55. The lowest BCUT2D eigenvalue weighted by Crippen LogP contribution is -2.17. The summed E-state index contributed by atoms with van der Waals surface area (Å²) in [5.74, 6) is 0. The number of rotatable bonds is 4. The van der Waals surface area contributed by atoms with Crippen LogP contribution in [-0.2, 0) is 0 Å². The Hall–Kier alpha value is -4.73. The van der Waals surface area contributed by atoms with E-state index in [1.165, 1.54) is 5.70 Å². The van der Waals surface area contributed by atoms with E-state index in [0.29, 0.717) is 5.02 Å². The number of halogens is 1. The van der Waals surface area contributed by atoms with Crippen LogP contribution in [0.2, 0.25) is 5.02 Å². The number of allylic oxidation sites excluding steroid dienone is 4. The van der Waals surface area contributed by atoms with E-state index >= 15 is 0 Å². The van der Waals surface area contributed by atoms with Crippen molar-refractivity contribution in [2.75, 3.05) is 4.90 Å². The Morgan fingerprint density at radius 2 is 1.48 bits per heavy atom. The molecular weight excluding hydrogens is 536 g/mol. The van der Waals surface area contributed by atoms with Crippen molar-refractivity contribution in [2.45, 2.75) is 26.7 Å². The maximum atomic E-state index is 6.90. The van der Waals surface area contributed by atoms with E-state index in [2.05, 4.69) is 125 Å². The van der Waals surface area contributed by atoms with Crippen LogP contribution < -0.4 is 4.90 Å². The molecule has 0 N–H and O–H groups in total. The summed E-state index contributed by atoms with van der Waals surface area (Å²) in [6, 6.07) is 38.1. The Balaban J connectivity index is 0.00000141. The van der Waals surface area contributed by atoms with Crippen molar-refractivity contribution in [3.05, 3.63) is 138 Å². The third-order valence-corrected chi connectivity index (χ3v) is 8.08. The molecule has 0 unspecified atom stereocenters. The van der Waals surface area contributed by atoms with Gasteiger partial charge >= 0.3 is 0 Å². The number of furan rings is 1. The first-order chi connectivity index (χ1) is 20.8. The zero-order chi connectivity index (χ0) is 28.6. The van der Waals surface area contributed by atoms with Gasteiger partial charge in [-0.1, -0.05) is 92.2 Å². The lowest BCUT2D eigenvalue weighted by molar-refractivity contribution is 0.673. The zero-order valence-corrected chi connectivity index (χ0v) is 24.5. The van der Waals surface area contributed by atoms with Crippen LogP contribution in [0.1, 0.15) is 26.7 Å². The van der Waals surface area contributed by atoms with Crippen LogP contribution in [0.4, 0.5) is 11.4 Å². The molecule has 0 radical (unpaired) electrons. The summed E-state index contributed by atoms with van der Waals surface area (Å²) in [5.41, 5.74) is 8.43. The predicted molar refractivity (Wildman–Crippen MR) is 179 cm³/mol. The highest BCUT2D eigenvalue weighted by atomic mass is 35.5. The number of hydrogen-bond donors (Lipinski definition) is 0. The highest BCUT2D eigenvalue weighted by Gasteiger charge is 2.21. The zero-order valence-electron chi connectivity index (χ0n) is 23.7. The molecule has 0 spiro atoms. The molecule has 0 saturated heterocycles. The van der Waals surface area contributed by atoms with Gasteiger partial charge < -0.3 is 13.9 Å². The summed E-state index contributed by atoms with van der Waals surface area (Å²) in [5, 5.41) is 5.23. The molecule has 1 aliphatic carbocycles. The second-order valence-corrected chi connectivity index (χ2v) is 10.7. The number of nitrogens with zero attached hydrogens (tertiary/aromatic N) is 2. The van der Waals surface area contributed by atoms with Gasteiger partial charge in [-0.25, -0.2) is 0 Å². The Morgan fingerprint density at radius 1 is 0.714 bits per heavy atom. The largest absolute Gasteiger partial charge is 0.455 e. The third-order valence-electron chi connectivity index (χ3n) is 7.86. The fourth-order valence-corrected chi connectivity index (χ4v) is 6.39. The molecule has 0 aliphatic heterocycles. The van der Waals surface area contributed by atoms with Crippen molar-refractivity contribution >= 4 is 66.7 Å². The van der Waals surface area contributed by atoms with E-state index < -0.39 is 0 Å². The summed E-state index contributed by atoms with van der Waals surface area (Å²) in [6.45, 7) is 4.00. The first-order valence-corrected chi connectivity index (χ1v) is 15.0. The molecule has 0 fully saturated rings. The topological polar surface area (TPSA) is 21.3 Å². The number of anilines is 2. The van der Waals surface area contributed by atoms with Gasteiger partial charge in [-0.05, 0) is 73.5 Å². The van der Waals surface area contributed by atoms with Crippen molar-refractivity contribution in [1.82, 2.24) is 4.57 Å². The minimum Gasteiger partial charge on any atom is -0.455 e. The molecule has 206 valence electrons. The maximum Gasteiger partial charge on any atom is 0.145 e. The Kier molecular flexibility index (Phi) is 6.81. The van der Waals surface area contributed by atoms with Gasteiger partial charge in [-0.3, -0.25) is 0 Å². The Labute approximate surface area is 250 Å². The number of benzene rings is 5. The molecule has 1 aliphatic rings. The molecule has 8 rings (SSSR count). The first-order valence-electron chi connectivity index (χ1n) is 14.6. The summed E-state index contributed by atoms with van der Waals surface area (Å²) >= 11 is 6.90. The second-order valence-electron chi connectivity index (χ2n) is 10.3. The van der Waals surface area contributed by atoms with Gasteiger partial charge in [0, 0.05) is 43.9 Å². The van der Waals surface area contributed by atoms with Crippen molar-refractivity contribution in [3.63, 3.8) is 0 Å². The number of aromatic nitrogens is 1. The average Bonchev–Trinajstić information content (AvgIpc) is 3.59. The van der Waals surface area contributed by atoms with Gasteiger partial charge in [0.25, 0.3) is 0 Å². The quantitative estimate of drug-likeness (QED) is 0.211.